The molecule has 0 radical (unpaired) electrons. The minimum absolute atomic E-state index is 0.231. The van der Waals surface area contributed by atoms with E-state index in [1.807, 2.05) is 30.1 Å². The third kappa shape index (κ3) is 6.36. The van der Waals surface area contributed by atoms with E-state index in [0.29, 0.717) is 13.2 Å². The average Bonchev–Trinajstić information content (AvgIpc) is 3.34. The molecular formula is C27H35N3O3. The van der Waals surface area contributed by atoms with E-state index < -0.39 is 0 Å². The Bertz CT molecular complexity index is 1010. The van der Waals surface area contributed by atoms with Gasteiger partial charge in [0.25, 0.3) is 0 Å². The predicted molar refractivity (Wildman–Crippen MR) is 130 cm³/mol. The molecule has 176 valence electrons. The number of methoxy groups -OCH3 is 1. The van der Waals surface area contributed by atoms with Crippen molar-refractivity contribution in [1.82, 2.24) is 14.7 Å². The molecular weight excluding hydrogens is 414 g/mol. The number of ether oxygens (including phenoxy) is 3. The van der Waals surface area contributed by atoms with Gasteiger partial charge in [0, 0.05) is 39.1 Å². The third-order valence-electron chi connectivity index (χ3n) is 6.47. The summed E-state index contributed by atoms with van der Waals surface area (Å²) in [6, 6.07) is 16.6. The lowest BCUT2D eigenvalue weighted by Crippen LogP contribution is -2.48. The van der Waals surface area contributed by atoms with E-state index in [1.165, 1.54) is 16.7 Å². The quantitative estimate of drug-likeness (QED) is 0.451. The molecule has 0 bridgehead atoms. The number of rotatable bonds is 10. The molecule has 2 aromatic carbocycles. The molecule has 0 saturated carbocycles. The molecule has 33 heavy (non-hydrogen) atoms. The summed E-state index contributed by atoms with van der Waals surface area (Å²) in [5, 5.41) is 4.21. The molecule has 0 amide bonds. The van der Waals surface area contributed by atoms with Crippen LogP contribution in [0.25, 0.3) is 0 Å². The number of aromatic nitrogens is 2. The van der Waals surface area contributed by atoms with Gasteiger partial charge in [-0.05, 0) is 62.1 Å². The maximum absolute atomic E-state index is 6.19. The minimum atomic E-state index is -0.231. The van der Waals surface area contributed by atoms with Gasteiger partial charge in [0.05, 0.1) is 6.54 Å². The number of piperidine rings is 1. The highest BCUT2D eigenvalue weighted by molar-refractivity contribution is 5.35. The minimum Gasteiger partial charge on any atom is -0.492 e. The Kier molecular flexibility index (Phi) is 7.68. The number of benzene rings is 2. The highest BCUT2D eigenvalue weighted by atomic mass is 16.5. The van der Waals surface area contributed by atoms with Crippen molar-refractivity contribution in [3.63, 3.8) is 0 Å². The molecule has 3 aromatic rings. The fraction of sp³-hybridized carbons (Fsp3) is 0.444. The molecule has 0 N–H and O–H groups in total. The van der Waals surface area contributed by atoms with Crippen LogP contribution in [0.2, 0.25) is 0 Å². The maximum Gasteiger partial charge on any atom is 0.122 e. The molecule has 0 unspecified atom stereocenters. The summed E-state index contributed by atoms with van der Waals surface area (Å²) in [7, 11) is 1.81. The van der Waals surface area contributed by atoms with E-state index >= 15 is 0 Å². The molecule has 2 heterocycles. The third-order valence-corrected chi connectivity index (χ3v) is 6.47. The van der Waals surface area contributed by atoms with Crippen molar-refractivity contribution in [3.8, 4) is 11.5 Å². The van der Waals surface area contributed by atoms with Gasteiger partial charge in [0.2, 0.25) is 0 Å². The SMILES string of the molecule is COC1(COc2ccc(C)cc2C)CCN(Cc2cccc(OCCn3cccn3)c2)CC1. The fourth-order valence-electron chi connectivity index (χ4n) is 4.38. The molecule has 1 aromatic heterocycles. The van der Waals surface area contributed by atoms with Crippen LogP contribution in [0, 0.1) is 13.8 Å². The van der Waals surface area contributed by atoms with Crippen molar-refractivity contribution in [2.45, 2.75) is 45.4 Å². The molecule has 0 spiro atoms. The van der Waals surface area contributed by atoms with Gasteiger partial charge < -0.3 is 14.2 Å². The second-order valence-corrected chi connectivity index (χ2v) is 8.99. The summed E-state index contributed by atoms with van der Waals surface area (Å²) in [5.41, 5.74) is 3.46. The summed E-state index contributed by atoms with van der Waals surface area (Å²) in [4.78, 5) is 2.48. The normalized spacial score (nSPS) is 16.0. The zero-order chi connectivity index (χ0) is 23.1. The van der Waals surface area contributed by atoms with Gasteiger partial charge in [-0.1, -0.05) is 29.8 Å². The zero-order valence-electron chi connectivity index (χ0n) is 20.0. The van der Waals surface area contributed by atoms with Gasteiger partial charge in [0.15, 0.2) is 0 Å². The molecule has 1 fully saturated rings. The Labute approximate surface area is 197 Å². The lowest BCUT2D eigenvalue weighted by atomic mass is 9.91. The molecule has 6 heteroatoms. The molecule has 0 aliphatic carbocycles. The molecule has 1 aliphatic rings. The molecule has 0 atom stereocenters. The first kappa shape index (κ1) is 23.3. The van der Waals surface area contributed by atoms with Crippen LogP contribution < -0.4 is 9.47 Å². The van der Waals surface area contributed by atoms with E-state index in [2.05, 4.69) is 60.2 Å². The lowest BCUT2D eigenvalue weighted by molar-refractivity contribution is -0.0840. The number of nitrogens with zero attached hydrogens (tertiary/aromatic N) is 3. The largest absolute Gasteiger partial charge is 0.492 e. The average molecular weight is 450 g/mol. The summed E-state index contributed by atoms with van der Waals surface area (Å²) >= 11 is 0. The van der Waals surface area contributed by atoms with Crippen LogP contribution in [0.3, 0.4) is 0 Å². The highest BCUT2D eigenvalue weighted by Gasteiger charge is 2.35. The summed E-state index contributed by atoms with van der Waals surface area (Å²) in [6.07, 6.45) is 5.64. The van der Waals surface area contributed by atoms with Gasteiger partial charge in [-0.25, -0.2) is 0 Å². The summed E-state index contributed by atoms with van der Waals surface area (Å²) < 4.78 is 20.0. The first-order chi connectivity index (χ1) is 16.0. The van der Waals surface area contributed by atoms with Gasteiger partial charge in [-0.3, -0.25) is 9.58 Å². The van der Waals surface area contributed by atoms with Gasteiger partial charge in [-0.15, -0.1) is 0 Å². The van der Waals surface area contributed by atoms with E-state index in [0.717, 1.165) is 50.5 Å². The van der Waals surface area contributed by atoms with Crippen LogP contribution in [0.4, 0.5) is 0 Å². The maximum atomic E-state index is 6.19. The van der Waals surface area contributed by atoms with Crippen LogP contribution >= 0.6 is 0 Å². The van der Waals surface area contributed by atoms with Crippen molar-refractivity contribution in [3.05, 3.63) is 77.6 Å². The first-order valence-corrected chi connectivity index (χ1v) is 11.7. The summed E-state index contributed by atoms with van der Waals surface area (Å²) in [6.45, 7) is 9.00. The standard InChI is InChI=1S/C27H35N3O3/c1-22-8-9-26(23(2)18-22)33-21-27(31-3)10-14-29(15-11-27)20-24-6-4-7-25(19-24)32-17-16-30-13-5-12-28-30/h4-9,12-13,18-19H,10-11,14-17,20-21H2,1-3H3. The van der Waals surface area contributed by atoms with Crippen LogP contribution in [0.15, 0.2) is 60.9 Å². The van der Waals surface area contributed by atoms with Crippen LogP contribution in [0.5, 0.6) is 11.5 Å². The van der Waals surface area contributed by atoms with Gasteiger partial charge in [0.1, 0.15) is 30.3 Å². The number of hydrogen-bond acceptors (Lipinski definition) is 5. The molecule has 1 saturated heterocycles. The smallest absolute Gasteiger partial charge is 0.122 e. The van der Waals surface area contributed by atoms with Crippen LogP contribution in [0.1, 0.15) is 29.5 Å². The second-order valence-electron chi connectivity index (χ2n) is 8.99. The van der Waals surface area contributed by atoms with E-state index in [1.54, 1.807) is 6.20 Å². The van der Waals surface area contributed by atoms with Gasteiger partial charge >= 0.3 is 0 Å². The first-order valence-electron chi connectivity index (χ1n) is 11.7. The summed E-state index contributed by atoms with van der Waals surface area (Å²) in [5.74, 6) is 1.86. The van der Waals surface area contributed by atoms with Crippen LogP contribution in [-0.2, 0) is 17.8 Å². The van der Waals surface area contributed by atoms with E-state index in [4.69, 9.17) is 14.2 Å². The molecule has 1 aliphatic heterocycles. The topological polar surface area (TPSA) is 48.8 Å². The number of hydrogen-bond donors (Lipinski definition) is 0. The lowest BCUT2D eigenvalue weighted by Gasteiger charge is -2.40. The Hall–Kier alpha value is -2.83. The Morgan fingerprint density at radius 1 is 1.00 bits per heavy atom. The van der Waals surface area contributed by atoms with Crippen molar-refractivity contribution < 1.29 is 14.2 Å². The zero-order valence-corrected chi connectivity index (χ0v) is 20.0. The van der Waals surface area contributed by atoms with E-state index in [-0.39, 0.29) is 5.60 Å². The Balaban J connectivity index is 1.26. The Morgan fingerprint density at radius 2 is 1.85 bits per heavy atom. The van der Waals surface area contributed by atoms with E-state index in [9.17, 15) is 0 Å². The van der Waals surface area contributed by atoms with Crippen molar-refractivity contribution in [1.29, 1.82) is 0 Å². The highest BCUT2D eigenvalue weighted by Crippen LogP contribution is 2.29. The van der Waals surface area contributed by atoms with Gasteiger partial charge in [-0.2, -0.15) is 5.10 Å². The predicted octanol–water partition coefficient (Wildman–Crippen LogP) is 4.64. The number of aryl methyl sites for hydroxylation is 2. The van der Waals surface area contributed by atoms with Crippen LogP contribution in [-0.4, -0.2) is 53.7 Å². The fourth-order valence-corrected chi connectivity index (χ4v) is 4.38. The van der Waals surface area contributed by atoms with Crippen molar-refractivity contribution in [2.75, 3.05) is 33.4 Å². The number of likely N-dealkylation sites (tertiary alicyclic amines) is 1. The molecule has 6 nitrogen and oxygen atoms in total. The monoisotopic (exact) mass is 449 g/mol. The molecule has 4 rings (SSSR count). The Morgan fingerprint density at radius 3 is 2.58 bits per heavy atom. The van der Waals surface area contributed by atoms with Crippen molar-refractivity contribution >= 4 is 0 Å². The second kappa shape index (κ2) is 10.9. The van der Waals surface area contributed by atoms with Crippen molar-refractivity contribution in [2.24, 2.45) is 0 Å².